The quantitative estimate of drug-likeness (QED) is 0.634. The lowest BCUT2D eigenvalue weighted by atomic mass is 9.47. The Kier molecular flexibility index (Phi) is 5.12. The van der Waals surface area contributed by atoms with Crippen molar-refractivity contribution in [2.24, 2.45) is 35.0 Å². The van der Waals surface area contributed by atoms with Gasteiger partial charge in [-0.25, -0.2) is 8.78 Å². The molecule has 0 unspecified atom stereocenters. The molecule has 0 saturated heterocycles. The van der Waals surface area contributed by atoms with Gasteiger partial charge in [0.25, 0.3) is 0 Å². The average Bonchev–Trinajstić information content (AvgIpc) is 3.07. The summed E-state index contributed by atoms with van der Waals surface area (Å²) in [4.78, 5) is 13.3. The van der Waals surface area contributed by atoms with Gasteiger partial charge in [-0.1, -0.05) is 19.1 Å². The van der Waals surface area contributed by atoms with Gasteiger partial charge in [0.2, 0.25) is 0 Å². The second-order valence-electron chi connectivity index (χ2n) is 11.7. The molecule has 0 bridgehead atoms. The van der Waals surface area contributed by atoms with Gasteiger partial charge in [-0.15, -0.1) is 0 Å². The van der Waals surface area contributed by atoms with Gasteiger partial charge >= 0.3 is 0 Å². The first kappa shape index (κ1) is 21.6. The standard InChI is InChI=1S/C27H36F2O2/c1-25(31)13-14-27(29)18(16-25)5-8-20-21-9-10-23(26(21,2)12-11-22(20)27)24(30)15-17-3-6-19(28)7-4-17/h3-4,6-7,18,20-23,31H,5,8-16H2,1-2H3/t18-,20+,21+,22+,23-,25-,26+,27-/m1/s1. The zero-order valence-corrected chi connectivity index (χ0v) is 18.9. The Bertz CT molecular complexity index is 849. The Morgan fingerprint density at radius 3 is 2.48 bits per heavy atom. The molecule has 4 saturated carbocycles. The summed E-state index contributed by atoms with van der Waals surface area (Å²) >= 11 is 0. The number of ketones is 1. The summed E-state index contributed by atoms with van der Waals surface area (Å²) in [6.45, 7) is 4.15. The number of rotatable bonds is 3. The molecule has 4 aliphatic carbocycles. The second-order valence-corrected chi connectivity index (χ2v) is 11.7. The third kappa shape index (κ3) is 3.48. The van der Waals surface area contributed by atoms with Gasteiger partial charge in [0.15, 0.2) is 0 Å². The van der Waals surface area contributed by atoms with E-state index in [0.717, 1.165) is 44.1 Å². The fourth-order valence-corrected chi connectivity index (χ4v) is 8.43. The number of fused-ring (bicyclic) bond motifs is 5. The summed E-state index contributed by atoms with van der Waals surface area (Å²) in [6.07, 6.45) is 7.63. The van der Waals surface area contributed by atoms with Crippen molar-refractivity contribution >= 4 is 5.78 Å². The van der Waals surface area contributed by atoms with Crippen LogP contribution in [0.3, 0.4) is 0 Å². The van der Waals surface area contributed by atoms with Crippen LogP contribution in [0.2, 0.25) is 0 Å². The fraction of sp³-hybridized carbons (Fsp3) is 0.741. The number of halogens is 2. The van der Waals surface area contributed by atoms with Crippen LogP contribution in [0.15, 0.2) is 24.3 Å². The predicted molar refractivity (Wildman–Crippen MR) is 117 cm³/mol. The molecule has 4 aliphatic rings. The number of benzene rings is 1. The molecule has 2 nitrogen and oxygen atoms in total. The molecule has 5 rings (SSSR count). The van der Waals surface area contributed by atoms with Crippen LogP contribution in [0, 0.1) is 40.8 Å². The van der Waals surface area contributed by atoms with Gasteiger partial charge < -0.3 is 5.11 Å². The highest BCUT2D eigenvalue weighted by Gasteiger charge is 2.63. The molecule has 0 spiro atoms. The van der Waals surface area contributed by atoms with E-state index in [4.69, 9.17) is 0 Å². The molecule has 4 heteroatoms. The van der Waals surface area contributed by atoms with E-state index < -0.39 is 11.3 Å². The van der Waals surface area contributed by atoms with Crippen LogP contribution in [0.25, 0.3) is 0 Å². The molecule has 0 aromatic heterocycles. The van der Waals surface area contributed by atoms with Crippen LogP contribution in [0.4, 0.5) is 8.78 Å². The maximum absolute atomic E-state index is 16.4. The molecule has 0 heterocycles. The Morgan fingerprint density at radius 2 is 1.74 bits per heavy atom. The van der Waals surface area contributed by atoms with E-state index >= 15 is 4.39 Å². The first-order chi connectivity index (χ1) is 14.6. The van der Waals surface area contributed by atoms with E-state index in [1.807, 2.05) is 6.92 Å². The highest BCUT2D eigenvalue weighted by molar-refractivity contribution is 5.84. The molecule has 1 N–H and O–H groups in total. The number of carbonyl (C=O) groups is 1. The maximum Gasteiger partial charge on any atom is 0.140 e. The van der Waals surface area contributed by atoms with Crippen molar-refractivity contribution < 1.29 is 18.7 Å². The highest BCUT2D eigenvalue weighted by atomic mass is 19.1. The van der Waals surface area contributed by atoms with Crippen LogP contribution in [0.5, 0.6) is 0 Å². The van der Waals surface area contributed by atoms with Crippen molar-refractivity contribution in [3.05, 3.63) is 35.6 Å². The number of hydrogen-bond acceptors (Lipinski definition) is 2. The van der Waals surface area contributed by atoms with Crippen LogP contribution in [-0.4, -0.2) is 22.2 Å². The molecular formula is C27H36F2O2. The van der Waals surface area contributed by atoms with Gasteiger partial charge in [-0.2, -0.15) is 0 Å². The summed E-state index contributed by atoms with van der Waals surface area (Å²) in [5, 5.41) is 10.5. The second kappa shape index (κ2) is 7.37. The third-order valence-corrected chi connectivity index (χ3v) is 9.99. The lowest BCUT2D eigenvalue weighted by Gasteiger charge is -2.59. The van der Waals surface area contributed by atoms with E-state index in [9.17, 15) is 14.3 Å². The largest absolute Gasteiger partial charge is 0.390 e. The number of alkyl halides is 1. The van der Waals surface area contributed by atoms with Crippen molar-refractivity contribution in [1.82, 2.24) is 0 Å². The van der Waals surface area contributed by atoms with E-state index in [0.29, 0.717) is 37.5 Å². The fourth-order valence-electron chi connectivity index (χ4n) is 8.43. The maximum atomic E-state index is 16.4. The smallest absolute Gasteiger partial charge is 0.140 e. The summed E-state index contributed by atoms with van der Waals surface area (Å²) < 4.78 is 29.7. The molecule has 170 valence electrons. The number of aliphatic hydroxyl groups is 1. The van der Waals surface area contributed by atoms with Crippen LogP contribution in [0.1, 0.15) is 77.2 Å². The molecular weight excluding hydrogens is 394 g/mol. The normalized spacial score (nSPS) is 46.7. The molecule has 0 aliphatic heterocycles. The van der Waals surface area contributed by atoms with Gasteiger partial charge in [0.05, 0.1) is 5.60 Å². The summed E-state index contributed by atoms with van der Waals surface area (Å²) in [5.41, 5.74) is -1.02. The summed E-state index contributed by atoms with van der Waals surface area (Å²) in [6, 6.07) is 6.28. The van der Waals surface area contributed by atoms with E-state index in [2.05, 4.69) is 6.92 Å². The Hall–Kier alpha value is -1.29. The van der Waals surface area contributed by atoms with Gasteiger partial charge in [-0.05, 0) is 111 Å². The average molecular weight is 431 g/mol. The van der Waals surface area contributed by atoms with E-state index in [1.165, 1.54) is 12.1 Å². The lowest BCUT2D eigenvalue weighted by Crippen LogP contribution is -2.58. The third-order valence-electron chi connectivity index (χ3n) is 9.99. The molecule has 0 radical (unpaired) electrons. The van der Waals surface area contributed by atoms with Crippen LogP contribution in [-0.2, 0) is 11.2 Å². The molecule has 1 aromatic carbocycles. The zero-order valence-electron chi connectivity index (χ0n) is 18.9. The monoisotopic (exact) mass is 430 g/mol. The predicted octanol–water partition coefficient (Wildman–Crippen LogP) is 6.05. The van der Waals surface area contributed by atoms with Gasteiger partial charge in [0, 0.05) is 12.3 Å². The van der Waals surface area contributed by atoms with Crippen molar-refractivity contribution in [2.45, 2.75) is 89.3 Å². The Morgan fingerprint density at radius 1 is 1.00 bits per heavy atom. The van der Waals surface area contributed by atoms with Crippen molar-refractivity contribution in [1.29, 1.82) is 0 Å². The number of Topliss-reactive ketones (excluding diaryl/α,β-unsaturated/α-hetero) is 1. The minimum Gasteiger partial charge on any atom is -0.390 e. The number of hydrogen-bond donors (Lipinski definition) is 1. The first-order valence-electron chi connectivity index (χ1n) is 12.3. The van der Waals surface area contributed by atoms with Crippen LogP contribution >= 0.6 is 0 Å². The minimum atomic E-state index is -1.14. The Balaban J connectivity index is 1.33. The Labute approximate surface area is 184 Å². The summed E-state index contributed by atoms with van der Waals surface area (Å²) in [5.74, 6) is 0.889. The van der Waals surface area contributed by atoms with E-state index in [-0.39, 0.29) is 34.8 Å². The molecule has 1 aromatic rings. The first-order valence-corrected chi connectivity index (χ1v) is 12.3. The topological polar surface area (TPSA) is 37.3 Å². The zero-order chi connectivity index (χ0) is 22.0. The highest BCUT2D eigenvalue weighted by Crippen LogP contribution is 2.66. The van der Waals surface area contributed by atoms with Crippen molar-refractivity contribution in [3.8, 4) is 0 Å². The molecule has 0 amide bonds. The lowest BCUT2D eigenvalue weighted by molar-refractivity contribution is -0.165. The molecule has 31 heavy (non-hydrogen) atoms. The summed E-state index contributed by atoms with van der Waals surface area (Å²) in [7, 11) is 0. The molecule has 4 fully saturated rings. The molecule has 8 atom stereocenters. The van der Waals surface area contributed by atoms with Crippen LogP contribution < -0.4 is 0 Å². The minimum absolute atomic E-state index is 0.0147. The van der Waals surface area contributed by atoms with Gasteiger partial charge in [-0.3, -0.25) is 4.79 Å². The van der Waals surface area contributed by atoms with Crippen molar-refractivity contribution in [3.63, 3.8) is 0 Å². The van der Waals surface area contributed by atoms with Gasteiger partial charge in [0.1, 0.15) is 17.3 Å². The number of carbonyl (C=O) groups excluding carboxylic acids is 1. The SMILES string of the molecule is C[C@@]1(O)CC[C@@]2(F)[C@H](CC[C@H]3[C@@H]4CC[C@H](C(=O)Cc5ccc(F)cc5)[C@@]4(C)CC[C@@H]32)C1. The van der Waals surface area contributed by atoms with E-state index in [1.54, 1.807) is 12.1 Å². The van der Waals surface area contributed by atoms with Crippen molar-refractivity contribution in [2.75, 3.05) is 0 Å².